The third-order valence-corrected chi connectivity index (χ3v) is 7.64. The number of allylic oxidation sites excluding steroid dienone is 2. The van der Waals surface area contributed by atoms with Gasteiger partial charge in [0.2, 0.25) is 0 Å². The van der Waals surface area contributed by atoms with Crippen molar-refractivity contribution >= 4 is 5.70 Å². The van der Waals surface area contributed by atoms with Crippen molar-refractivity contribution in [3.05, 3.63) is 83.1 Å². The van der Waals surface area contributed by atoms with Gasteiger partial charge in [0.1, 0.15) is 5.75 Å². The van der Waals surface area contributed by atoms with Crippen LogP contribution in [0, 0.1) is 0 Å². The van der Waals surface area contributed by atoms with E-state index in [2.05, 4.69) is 89.6 Å². The maximum absolute atomic E-state index is 6.24. The lowest BCUT2D eigenvalue weighted by Crippen LogP contribution is -2.31. The first kappa shape index (κ1) is 29.8. The summed E-state index contributed by atoms with van der Waals surface area (Å²) in [5.74, 6) is 1.62. The van der Waals surface area contributed by atoms with E-state index < -0.39 is 0 Å². The van der Waals surface area contributed by atoms with E-state index in [9.17, 15) is 0 Å². The van der Waals surface area contributed by atoms with E-state index in [1.54, 1.807) is 0 Å². The number of hydrogen-bond acceptors (Lipinski definition) is 4. The largest absolute Gasteiger partial charge is 0.493 e. The van der Waals surface area contributed by atoms with Gasteiger partial charge < -0.3 is 19.9 Å². The minimum Gasteiger partial charge on any atom is -0.493 e. The van der Waals surface area contributed by atoms with Crippen molar-refractivity contribution in [2.75, 3.05) is 39.8 Å². The molecule has 0 radical (unpaired) electrons. The monoisotopic (exact) mass is 517 g/mol. The first-order valence-electron chi connectivity index (χ1n) is 15.0. The molecule has 208 valence electrons. The van der Waals surface area contributed by atoms with E-state index in [4.69, 9.17) is 4.74 Å². The van der Waals surface area contributed by atoms with Crippen LogP contribution in [0.5, 0.6) is 5.75 Å². The summed E-state index contributed by atoms with van der Waals surface area (Å²) in [6, 6.07) is 17.9. The van der Waals surface area contributed by atoms with E-state index >= 15 is 0 Å². The molecule has 0 aromatic heterocycles. The molecule has 2 fully saturated rings. The van der Waals surface area contributed by atoms with Crippen molar-refractivity contribution in [1.82, 2.24) is 15.1 Å². The Kier molecular flexibility index (Phi) is 12.8. The van der Waals surface area contributed by atoms with Crippen LogP contribution in [0.15, 0.2) is 66.4 Å². The number of benzene rings is 2. The first-order chi connectivity index (χ1) is 18.7. The summed E-state index contributed by atoms with van der Waals surface area (Å²) in [7, 11) is 2.01. The summed E-state index contributed by atoms with van der Waals surface area (Å²) in [5.41, 5.74) is 6.93. The third-order valence-electron chi connectivity index (χ3n) is 7.64. The van der Waals surface area contributed by atoms with Gasteiger partial charge in [-0.1, -0.05) is 69.3 Å². The molecule has 0 spiro atoms. The molecular weight excluding hydrogens is 466 g/mol. The molecule has 2 aromatic carbocycles. The Bertz CT molecular complexity index is 1010. The van der Waals surface area contributed by atoms with Gasteiger partial charge in [-0.2, -0.15) is 0 Å². The van der Waals surface area contributed by atoms with Crippen LogP contribution in [0.3, 0.4) is 0 Å². The number of ether oxygens (including phenoxy) is 1. The van der Waals surface area contributed by atoms with Crippen LogP contribution < -0.4 is 10.1 Å². The molecule has 0 unspecified atom stereocenters. The average Bonchev–Trinajstić information content (AvgIpc) is 3.51. The molecule has 0 bridgehead atoms. The Labute approximate surface area is 232 Å². The van der Waals surface area contributed by atoms with Crippen LogP contribution in [-0.2, 0) is 6.54 Å². The van der Waals surface area contributed by atoms with Gasteiger partial charge in [0.05, 0.1) is 6.61 Å². The van der Waals surface area contributed by atoms with Gasteiger partial charge >= 0.3 is 0 Å². The first-order valence-corrected chi connectivity index (χ1v) is 15.0. The van der Waals surface area contributed by atoms with E-state index in [-0.39, 0.29) is 0 Å². The zero-order chi connectivity index (χ0) is 27.2. The second-order valence-electron chi connectivity index (χ2n) is 10.1. The van der Waals surface area contributed by atoms with Crippen molar-refractivity contribution < 1.29 is 4.74 Å². The Hall–Kier alpha value is -2.72. The molecule has 2 aliphatic rings. The van der Waals surface area contributed by atoms with E-state index in [0.717, 1.165) is 44.8 Å². The fourth-order valence-corrected chi connectivity index (χ4v) is 5.75. The summed E-state index contributed by atoms with van der Waals surface area (Å²) in [6.07, 6.45) is 11.7. The van der Waals surface area contributed by atoms with E-state index in [0.29, 0.717) is 5.92 Å². The Morgan fingerprint density at radius 1 is 0.974 bits per heavy atom. The van der Waals surface area contributed by atoms with Crippen molar-refractivity contribution in [3.8, 4) is 5.75 Å². The van der Waals surface area contributed by atoms with Crippen LogP contribution >= 0.6 is 0 Å². The van der Waals surface area contributed by atoms with Gasteiger partial charge in [0, 0.05) is 56.1 Å². The molecule has 4 rings (SSSR count). The zero-order valence-electron chi connectivity index (χ0n) is 24.6. The molecule has 0 atom stereocenters. The highest BCUT2D eigenvalue weighted by atomic mass is 16.5. The second-order valence-corrected chi connectivity index (χ2v) is 10.1. The lowest BCUT2D eigenvalue weighted by molar-refractivity contribution is 0.294. The predicted octanol–water partition coefficient (Wildman–Crippen LogP) is 7.83. The van der Waals surface area contributed by atoms with E-state index in [1.165, 1.54) is 66.9 Å². The number of nitrogens with one attached hydrogen (secondary N) is 1. The molecular formula is C34H51N3O. The van der Waals surface area contributed by atoms with Gasteiger partial charge in [-0.05, 0) is 75.3 Å². The highest BCUT2D eigenvalue weighted by molar-refractivity contribution is 5.65. The van der Waals surface area contributed by atoms with Gasteiger partial charge in [0.15, 0.2) is 0 Å². The highest BCUT2D eigenvalue weighted by Gasteiger charge is 2.23. The van der Waals surface area contributed by atoms with Crippen molar-refractivity contribution in [2.45, 2.75) is 78.7 Å². The molecule has 4 nitrogen and oxygen atoms in total. The SMILES string of the molecule is C/C=C(\CCOc1cccc(/C(=C\CC)N2CCC(c3cccc(CNC)c3)CC2)c1)N1CCCC1.CC. The maximum Gasteiger partial charge on any atom is 0.119 e. The molecule has 0 aliphatic carbocycles. The second kappa shape index (κ2) is 16.3. The number of rotatable bonds is 11. The summed E-state index contributed by atoms with van der Waals surface area (Å²) in [6.45, 7) is 14.6. The quantitative estimate of drug-likeness (QED) is 0.329. The summed E-state index contributed by atoms with van der Waals surface area (Å²) < 4.78 is 6.24. The summed E-state index contributed by atoms with van der Waals surface area (Å²) in [4.78, 5) is 5.10. The molecule has 2 heterocycles. The number of likely N-dealkylation sites (tertiary alicyclic amines) is 2. The lowest BCUT2D eigenvalue weighted by Gasteiger charge is -2.36. The molecule has 2 saturated heterocycles. The minimum atomic E-state index is 0.645. The molecule has 2 aliphatic heterocycles. The minimum absolute atomic E-state index is 0.645. The van der Waals surface area contributed by atoms with Crippen molar-refractivity contribution in [3.63, 3.8) is 0 Å². The van der Waals surface area contributed by atoms with Crippen LogP contribution in [0.4, 0.5) is 0 Å². The summed E-state index contributed by atoms with van der Waals surface area (Å²) >= 11 is 0. The average molecular weight is 518 g/mol. The highest BCUT2D eigenvalue weighted by Crippen LogP contribution is 2.33. The third kappa shape index (κ3) is 8.39. The standard InChI is InChI=1S/C32H45N3O.C2H6/c1-4-10-32(35-20-15-27(16-21-35)28-12-8-11-26(23-28)25-33-3)29-13-9-14-31(24-29)36-22-17-30(5-2)34-18-6-7-19-34;1-2/h5,8-14,23-24,27,33H,4,6-7,15-22,25H2,1-3H3;1-2H3/b30-5+,32-10+;. The molecule has 1 N–H and O–H groups in total. The Balaban J connectivity index is 0.00000195. The topological polar surface area (TPSA) is 27.7 Å². The van der Waals surface area contributed by atoms with Crippen LogP contribution in [0.2, 0.25) is 0 Å². The maximum atomic E-state index is 6.24. The van der Waals surface area contributed by atoms with Crippen molar-refractivity contribution in [2.24, 2.45) is 0 Å². The van der Waals surface area contributed by atoms with Gasteiger partial charge in [-0.15, -0.1) is 0 Å². The number of nitrogens with zero attached hydrogens (tertiary/aromatic N) is 2. The Morgan fingerprint density at radius 3 is 2.39 bits per heavy atom. The molecule has 4 heteroatoms. The zero-order valence-corrected chi connectivity index (χ0v) is 24.6. The van der Waals surface area contributed by atoms with Gasteiger partial charge in [-0.3, -0.25) is 0 Å². The number of hydrogen-bond donors (Lipinski definition) is 1. The molecule has 0 saturated carbocycles. The number of piperidine rings is 1. The lowest BCUT2D eigenvalue weighted by atomic mass is 9.88. The van der Waals surface area contributed by atoms with Gasteiger partial charge in [0.25, 0.3) is 0 Å². The predicted molar refractivity (Wildman–Crippen MR) is 163 cm³/mol. The molecule has 38 heavy (non-hydrogen) atoms. The molecule has 0 amide bonds. The fraction of sp³-hybridized carbons (Fsp3) is 0.529. The van der Waals surface area contributed by atoms with E-state index in [1.807, 2.05) is 20.9 Å². The molecule has 2 aromatic rings. The van der Waals surface area contributed by atoms with Gasteiger partial charge in [-0.25, -0.2) is 0 Å². The van der Waals surface area contributed by atoms with Crippen molar-refractivity contribution in [1.29, 1.82) is 0 Å². The van der Waals surface area contributed by atoms with Crippen LogP contribution in [0.1, 0.15) is 88.8 Å². The fourth-order valence-electron chi connectivity index (χ4n) is 5.75. The van der Waals surface area contributed by atoms with Crippen LogP contribution in [0.25, 0.3) is 5.70 Å². The van der Waals surface area contributed by atoms with Crippen LogP contribution in [-0.4, -0.2) is 49.6 Å². The summed E-state index contributed by atoms with van der Waals surface area (Å²) in [5, 5.41) is 3.28. The smallest absolute Gasteiger partial charge is 0.119 e. The normalized spacial score (nSPS) is 16.9. The Morgan fingerprint density at radius 2 is 1.71 bits per heavy atom.